The van der Waals surface area contributed by atoms with Gasteiger partial charge in [-0.2, -0.15) is 5.10 Å². The molecule has 0 spiro atoms. The number of aryl methyl sites for hydroxylation is 2. The summed E-state index contributed by atoms with van der Waals surface area (Å²) in [4.78, 5) is 20.5. The van der Waals surface area contributed by atoms with Gasteiger partial charge in [0.05, 0.1) is 5.69 Å². The first-order chi connectivity index (χ1) is 12.4. The first kappa shape index (κ1) is 17.5. The van der Waals surface area contributed by atoms with Crippen LogP contribution in [0.3, 0.4) is 0 Å². The molecule has 7 nitrogen and oxygen atoms in total. The number of hydrogen-bond donors (Lipinski definition) is 1. The number of ether oxygens (including phenoxy) is 1. The lowest BCUT2D eigenvalue weighted by molar-refractivity contribution is -0.122. The maximum absolute atomic E-state index is 12.9. The topological polar surface area (TPSA) is 81.9 Å². The van der Waals surface area contributed by atoms with E-state index in [4.69, 9.17) is 4.74 Å². The van der Waals surface area contributed by atoms with Gasteiger partial charge in [-0.05, 0) is 51.1 Å². The molecule has 0 bridgehead atoms. The number of nitrogens with one attached hydrogen (secondary N) is 1. The van der Waals surface area contributed by atoms with Crippen LogP contribution in [0.4, 0.5) is 10.2 Å². The first-order valence-corrected chi connectivity index (χ1v) is 8.01. The van der Waals surface area contributed by atoms with Crippen LogP contribution in [0.2, 0.25) is 0 Å². The molecule has 134 valence electrons. The van der Waals surface area contributed by atoms with Gasteiger partial charge >= 0.3 is 0 Å². The number of nitrogens with zero attached hydrogens (tertiary/aromatic N) is 4. The Morgan fingerprint density at radius 1 is 1.19 bits per heavy atom. The summed E-state index contributed by atoms with van der Waals surface area (Å²) < 4.78 is 20.1. The van der Waals surface area contributed by atoms with Crippen molar-refractivity contribution in [2.45, 2.75) is 26.9 Å². The smallest absolute Gasteiger partial charge is 0.266 e. The minimum Gasteiger partial charge on any atom is -0.481 e. The molecule has 3 rings (SSSR count). The minimum atomic E-state index is -0.785. The van der Waals surface area contributed by atoms with Gasteiger partial charge in [0.2, 0.25) is 0 Å². The van der Waals surface area contributed by atoms with Crippen LogP contribution in [0, 0.1) is 19.7 Å². The number of carbonyl (C=O) groups excluding carboxylic acids is 1. The van der Waals surface area contributed by atoms with Crippen LogP contribution in [0.25, 0.3) is 5.82 Å². The summed E-state index contributed by atoms with van der Waals surface area (Å²) in [5.74, 6) is 0.537. The van der Waals surface area contributed by atoms with Crippen molar-refractivity contribution in [3.05, 3.63) is 59.9 Å². The van der Waals surface area contributed by atoms with Crippen molar-refractivity contribution in [3.63, 3.8) is 0 Å². The average Bonchev–Trinajstić information content (AvgIpc) is 2.95. The number of rotatable bonds is 5. The quantitative estimate of drug-likeness (QED) is 0.761. The fourth-order valence-corrected chi connectivity index (χ4v) is 2.39. The van der Waals surface area contributed by atoms with E-state index in [1.165, 1.54) is 30.6 Å². The lowest BCUT2D eigenvalue weighted by atomic mass is 10.3. The normalized spacial score (nSPS) is 11.8. The van der Waals surface area contributed by atoms with Gasteiger partial charge in [-0.15, -0.1) is 0 Å². The molecule has 1 aromatic carbocycles. The van der Waals surface area contributed by atoms with Gasteiger partial charge in [0, 0.05) is 11.8 Å². The monoisotopic (exact) mass is 355 g/mol. The standard InChI is InChI=1S/C18H18FN5O2/c1-11-8-12(2)24(23-11)17-9-16(20-10-21-17)22-18(25)13(3)26-15-6-4-14(19)5-7-15/h4-10,13H,1-3H3,(H,20,21,22,25). The molecule has 1 atom stereocenters. The third-order valence-corrected chi connectivity index (χ3v) is 3.63. The van der Waals surface area contributed by atoms with E-state index in [1.54, 1.807) is 17.7 Å². The molecule has 0 radical (unpaired) electrons. The van der Waals surface area contributed by atoms with Crippen molar-refractivity contribution >= 4 is 11.7 Å². The van der Waals surface area contributed by atoms with Crippen LogP contribution < -0.4 is 10.1 Å². The highest BCUT2D eigenvalue weighted by atomic mass is 19.1. The van der Waals surface area contributed by atoms with Crippen molar-refractivity contribution < 1.29 is 13.9 Å². The zero-order chi connectivity index (χ0) is 18.7. The summed E-state index contributed by atoms with van der Waals surface area (Å²) in [6.07, 6.45) is 0.569. The summed E-state index contributed by atoms with van der Waals surface area (Å²) in [6, 6.07) is 9.02. The van der Waals surface area contributed by atoms with Crippen LogP contribution in [0.1, 0.15) is 18.3 Å². The van der Waals surface area contributed by atoms with E-state index in [0.29, 0.717) is 17.4 Å². The number of halogens is 1. The molecule has 0 aliphatic heterocycles. The maximum atomic E-state index is 12.9. The second-order valence-electron chi connectivity index (χ2n) is 5.80. The van der Waals surface area contributed by atoms with Crippen LogP contribution in [-0.4, -0.2) is 31.8 Å². The molecule has 3 aromatic rings. The average molecular weight is 355 g/mol. The van der Waals surface area contributed by atoms with E-state index < -0.39 is 6.10 Å². The highest BCUT2D eigenvalue weighted by Crippen LogP contribution is 2.15. The predicted octanol–water partition coefficient (Wildman–Crippen LogP) is 2.82. The summed E-state index contributed by atoms with van der Waals surface area (Å²) in [5, 5.41) is 7.04. The SMILES string of the molecule is Cc1cc(C)n(-c2cc(NC(=O)C(C)Oc3ccc(F)cc3)ncn2)n1. The molecule has 2 aromatic heterocycles. The predicted molar refractivity (Wildman–Crippen MR) is 93.7 cm³/mol. The molecule has 8 heteroatoms. The van der Waals surface area contributed by atoms with E-state index in [2.05, 4.69) is 20.4 Å². The molecule has 2 heterocycles. The van der Waals surface area contributed by atoms with Crippen molar-refractivity contribution in [3.8, 4) is 11.6 Å². The van der Waals surface area contributed by atoms with E-state index in [1.807, 2.05) is 19.9 Å². The minimum absolute atomic E-state index is 0.335. The summed E-state index contributed by atoms with van der Waals surface area (Å²) in [6.45, 7) is 5.41. The van der Waals surface area contributed by atoms with Crippen LogP contribution in [0.15, 0.2) is 42.7 Å². The van der Waals surface area contributed by atoms with Gasteiger partial charge in [-0.25, -0.2) is 19.0 Å². The molecule has 1 N–H and O–H groups in total. The third kappa shape index (κ3) is 4.02. The van der Waals surface area contributed by atoms with Crippen molar-refractivity contribution in [2.24, 2.45) is 0 Å². The highest BCUT2D eigenvalue weighted by Gasteiger charge is 2.16. The van der Waals surface area contributed by atoms with Crippen molar-refractivity contribution in [1.29, 1.82) is 0 Å². The molecule has 0 fully saturated rings. The lowest BCUT2D eigenvalue weighted by Gasteiger charge is -2.14. The Kier molecular flexibility index (Phi) is 4.92. The Morgan fingerprint density at radius 3 is 2.58 bits per heavy atom. The van der Waals surface area contributed by atoms with Crippen LogP contribution in [0.5, 0.6) is 5.75 Å². The molecular weight excluding hydrogens is 337 g/mol. The molecule has 0 saturated heterocycles. The Bertz CT molecular complexity index is 924. The molecule has 0 saturated carbocycles. The molecule has 1 unspecified atom stereocenters. The van der Waals surface area contributed by atoms with Gasteiger partial charge in [-0.3, -0.25) is 4.79 Å². The van der Waals surface area contributed by atoms with E-state index >= 15 is 0 Å². The second-order valence-corrected chi connectivity index (χ2v) is 5.80. The van der Waals surface area contributed by atoms with Crippen molar-refractivity contribution in [2.75, 3.05) is 5.32 Å². The Labute approximate surface area is 149 Å². The zero-order valence-electron chi connectivity index (χ0n) is 14.6. The lowest BCUT2D eigenvalue weighted by Crippen LogP contribution is -2.30. The molecule has 1 amide bonds. The fourth-order valence-electron chi connectivity index (χ4n) is 2.39. The number of aromatic nitrogens is 4. The number of carbonyl (C=O) groups is 1. The molecule has 0 aliphatic rings. The van der Waals surface area contributed by atoms with Gasteiger partial charge in [0.15, 0.2) is 11.9 Å². The van der Waals surface area contributed by atoms with Gasteiger partial charge < -0.3 is 10.1 Å². The fraction of sp³-hybridized carbons (Fsp3) is 0.222. The summed E-state index contributed by atoms with van der Waals surface area (Å²) >= 11 is 0. The van der Waals surface area contributed by atoms with E-state index in [-0.39, 0.29) is 11.7 Å². The second kappa shape index (κ2) is 7.30. The Balaban J connectivity index is 1.70. The summed E-state index contributed by atoms with van der Waals surface area (Å²) in [5.41, 5.74) is 1.79. The van der Waals surface area contributed by atoms with Crippen LogP contribution >= 0.6 is 0 Å². The Morgan fingerprint density at radius 2 is 1.92 bits per heavy atom. The third-order valence-electron chi connectivity index (χ3n) is 3.63. The van der Waals surface area contributed by atoms with Crippen LogP contribution in [-0.2, 0) is 4.79 Å². The van der Waals surface area contributed by atoms with E-state index in [9.17, 15) is 9.18 Å². The largest absolute Gasteiger partial charge is 0.481 e. The number of anilines is 1. The number of amides is 1. The first-order valence-electron chi connectivity index (χ1n) is 8.01. The van der Waals surface area contributed by atoms with E-state index in [0.717, 1.165) is 11.4 Å². The highest BCUT2D eigenvalue weighted by molar-refractivity contribution is 5.93. The van der Waals surface area contributed by atoms with Gasteiger partial charge in [0.25, 0.3) is 5.91 Å². The maximum Gasteiger partial charge on any atom is 0.266 e. The van der Waals surface area contributed by atoms with Gasteiger partial charge in [-0.1, -0.05) is 0 Å². The Hall–Kier alpha value is -3.29. The summed E-state index contributed by atoms with van der Waals surface area (Å²) in [7, 11) is 0. The molecule has 26 heavy (non-hydrogen) atoms. The zero-order valence-corrected chi connectivity index (χ0v) is 14.6. The van der Waals surface area contributed by atoms with Gasteiger partial charge in [0.1, 0.15) is 23.7 Å². The number of hydrogen-bond acceptors (Lipinski definition) is 5. The number of benzene rings is 1. The molecule has 0 aliphatic carbocycles. The van der Waals surface area contributed by atoms with Crippen molar-refractivity contribution in [1.82, 2.24) is 19.7 Å². The molecular formula is C18H18FN5O2.